The van der Waals surface area contributed by atoms with E-state index < -0.39 is 0 Å². The molecular formula is C13H20O. The van der Waals surface area contributed by atoms with Crippen molar-refractivity contribution in [2.75, 3.05) is 0 Å². The number of hydrogen-bond donors (Lipinski definition) is 0. The molecule has 1 nitrogen and oxygen atoms in total. The second-order valence-corrected chi connectivity index (χ2v) is 4.81. The minimum atomic E-state index is 0.391. The summed E-state index contributed by atoms with van der Waals surface area (Å²) in [7, 11) is 0. The van der Waals surface area contributed by atoms with Crippen LogP contribution in [0.5, 0.6) is 0 Å². The van der Waals surface area contributed by atoms with Crippen molar-refractivity contribution in [3.63, 3.8) is 0 Å². The van der Waals surface area contributed by atoms with E-state index in [9.17, 15) is 4.79 Å². The minimum Gasteiger partial charge on any atom is -0.299 e. The molecule has 0 heterocycles. The van der Waals surface area contributed by atoms with Gasteiger partial charge in [0.15, 0.2) is 0 Å². The van der Waals surface area contributed by atoms with Crippen LogP contribution in [0.4, 0.5) is 0 Å². The molecule has 0 aromatic carbocycles. The Morgan fingerprint density at radius 2 is 2.14 bits per heavy atom. The van der Waals surface area contributed by atoms with E-state index in [1.807, 2.05) is 0 Å². The number of fused-ring (bicyclic) bond motifs is 2. The monoisotopic (exact) mass is 192 g/mol. The summed E-state index contributed by atoms with van der Waals surface area (Å²) in [6.07, 6.45) is 11.3. The molecule has 0 aromatic heterocycles. The topological polar surface area (TPSA) is 17.1 Å². The molecule has 0 N–H and O–H groups in total. The summed E-state index contributed by atoms with van der Waals surface area (Å²) in [5, 5.41) is 0. The Morgan fingerprint density at radius 3 is 2.71 bits per heavy atom. The van der Waals surface area contributed by atoms with E-state index >= 15 is 0 Å². The third-order valence-electron chi connectivity index (χ3n) is 3.72. The summed E-state index contributed by atoms with van der Waals surface area (Å²) >= 11 is 0. The van der Waals surface area contributed by atoms with Gasteiger partial charge >= 0.3 is 0 Å². The highest BCUT2D eigenvalue weighted by Crippen LogP contribution is 2.44. The van der Waals surface area contributed by atoms with Gasteiger partial charge in [-0.05, 0) is 31.1 Å². The molecule has 1 saturated carbocycles. The lowest BCUT2D eigenvalue weighted by Crippen LogP contribution is -2.18. The summed E-state index contributed by atoms with van der Waals surface area (Å²) in [4.78, 5) is 11.9. The molecule has 1 heteroatoms. The molecule has 2 aliphatic carbocycles. The molecule has 0 spiro atoms. The molecule has 2 bridgehead atoms. The molecule has 78 valence electrons. The molecule has 2 aliphatic rings. The zero-order valence-electron chi connectivity index (χ0n) is 9.04. The van der Waals surface area contributed by atoms with Gasteiger partial charge in [0.25, 0.3) is 0 Å². The maximum Gasteiger partial charge on any atom is 0.136 e. The van der Waals surface area contributed by atoms with Gasteiger partial charge in [-0.3, -0.25) is 4.79 Å². The highest BCUT2D eigenvalue weighted by molar-refractivity contribution is 5.82. The minimum absolute atomic E-state index is 0.391. The average Bonchev–Trinajstić information content (AvgIpc) is 2.79. The van der Waals surface area contributed by atoms with Crippen molar-refractivity contribution in [2.24, 2.45) is 17.8 Å². The van der Waals surface area contributed by atoms with Crippen LogP contribution in [0.15, 0.2) is 12.2 Å². The highest BCUT2D eigenvalue weighted by atomic mass is 16.1. The van der Waals surface area contributed by atoms with Gasteiger partial charge in [-0.15, -0.1) is 0 Å². The summed E-state index contributed by atoms with van der Waals surface area (Å²) in [6.45, 7) is 2.19. The zero-order chi connectivity index (χ0) is 9.97. The van der Waals surface area contributed by atoms with Gasteiger partial charge < -0.3 is 0 Å². The van der Waals surface area contributed by atoms with Crippen LogP contribution in [0.2, 0.25) is 0 Å². The molecule has 14 heavy (non-hydrogen) atoms. The Kier molecular flexibility index (Phi) is 3.05. The van der Waals surface area contributed by atoms with Crippen LogP contribution in [0.25, 0.3) is 0 Å². The van der Waals surface area contributed by atoms with E-state index in [1.54, 1.807) is 0 Å². The molecule has 0 aromatic rings. The number of carbonyl (C=O) groups excluding carboxylic acids is 1. The van der Waals surface area contributed by atoms with E-state index in [-0.39, 0.29) is 0 Å². The molecule has 3 unspecified atom stereocenters. The fourth-order valence-corrected chi connectivity index (χ4v) is 2.89. The van der Waals surface area contributed by atoms with Crippen molar-refractivity contribution in [1.29, 1.82) is 0 Å². The van der Waals surface area contributed by atoms with E-state index in [2.05, 4.69) is 19.1 Å². The Morgan fingerprint density at radius 1 is 1.29 bits per heavy atom. The van der Waals surface area contributed by atoms with Gasteiger partial charge in [-0.25, -0.2) is 0 Å². The molecule has 0 aliphatic heterocycles. The summed E-state index contributed by atoms with van der Waals surface area (Å²) in [5.74, 6) is 2.27. The van der Waals surface area contributed by atoms with Crippen LogP contribution in [0.1, 0.15) is 45.4 Å². The predicted octanol–water partition coefficient (Wildman–Crippen LogP) is 3.35. The maximum absolute atomic E-state index is 11.9. The molecule has 3 atom stereocenters. The summed E-state index contributed by atoms with van der Waals surface area (Å²) in [6, 6.07) is 0. The van der Waals surface area contributed by atoms with Crippen molar-refractivity contribution in [1.82, 2.24) is 0 Å². The number of rotatable bonds is 5. The van der Waals surface area contributed by atoms with Gasteiger partial charge in [0.05, 0.1) is 0 Å². The summed E-state index contributed by atoms with van der Waals surface area (Å²) < 4.78 is 0. The summed E-state index contributed by atoms with van der Waals surface area (Å²) in [5.41, 5.74) is 0. The van der Waals surface area contributed by atoms with Crippen LogP contribution in [0, 0.1) is 17.8 Å². The normalized spacial score (nSPS) is 33.9. The van der Waals surface area contributed by atoms with Crippen LogP contribution >= 0.6 is 0 Å². The standard InChI is InChI=1S/C13H20O/c1-2-3-4-5-13(14)12-9-10-6-7-11(12)8-10/h6-7,10-12H,2-5,8-9H2,1H3. The van der Waals surface area contributed by atoms with Gasteiger partial charge in [-0.1, -0.05) is 31.9 Å². The molecule has 1 fully saturated rings. The second-order valence-electron chi connectivity index (χ2n) is 4.81. The van der Waals surface area contributed by atoms with E-state index in [1.165, 1.54) is 19.3 Å². The van der Waals surface area contributed by atoms with E-state index in [0.717, 1.165) is 25.2 Å². The largest absolute Gasteiger partial charge is 0.299 e. The lowest BCUT2D eigenvalue weighted by Gasteiger charge is -2.16. The molecular weight excluding hydrogens is 172 g/mol. The zero-order valence-corrected chi connectivity index (χ0v) is 9.04. The van der Waals surface area contributed by atoms with Crippen molar-refractivity contribution in [2.45, 2.75) is 45.4 Å². The molecule has 0 radical (unpaired) electrons. The van der Waals surface area contributed by atoms with Crippen LogP contribution in [0.3, 0.4) is 0 Å². The van der Waals surface area contributed by atoms with Crippen LogP contribution < -0.4 is 0 Å². The van der Waals surface area contributed by atoms with Crippen molar-refractivity contribution < 1.29 is 4.79 Å². The van der Waals surface area contributed by atoms with Gasteiger partial charge in [0.1, 0.15) is 5.78 Å². The fraction of sp³-hybridized carbons (Fsp3) is 0.769. The fourth-order valence-electron chi connectivity index (χ4n) is 2.89. The van der Waals surface area contributed by atoms with Crippen LogP contribution in [-0.4, -0.2) is 5.78 Å². The SMILES string of the molecule is CCCCCC(=O)C1CC2C=CC1C2. The van der Waals surface area contributed by atoms with Gasteiger partial charge in [0, 0.05) is 12.3 Å². The first kappa shape index (κ1) is 9.95. The molecule has 0 amide bonds. The molecule has 0 saturated heterocycles. The number of allylic oxidation sites excluding steroid dienone is 2. The van der Waals surface area contributed by atoms with Crippen molar-refractivity contribution in [3.8, 4) is 0 Å². The van der Waals surface area contributed by atoms with Gasteiger partial charge in [-0.2, -0.15) is 0 Å². The average molecular weight is 192 g/mol. The number of Topliss-reactive ketones (excluding diaryl/α,β-unsaturated/α-hetero) is 1. The Bertz CT molecular complexity index is 242. The third-order valence-corrected chi connectivity index (χ3v) is 3.72. The Hall–Kier alpha value is -0.590. The van der Waals surface area contributed by atoms with Gasteiger partial charge in [0.2, 0.25) is 0 Å². The first-order chi connectivity index (χ1) is 6.81. The molecule has 2 rings (SSSR count). The van der Waals surface area contributed by atoms with E-state index in [0.29, 0.717) is 17.6 Å². The first-order valence-electron chi connectivity index (χ1n) is 6.02. The van der Waals surface area contributed by atoms with E-state index in [4.69, 9.17) is 0 Å². The highest BCUT2D eigenvalue weighted by Gasteiger charge is 2.38. The predicted molar refractivity (Wildman–Crippen MR) is 58.0 cm³/mol. The number of ketones is 1. The lowest BCUT2D eigenvalue weighted by atomic mass is 9.87. The number of carbonyl (C=O) groups is 1. The Balaban J connectivity index is 1.79. The first-order valence-corrected chi connectivity index (χ1v) is 6.02. The Labute approximate surface area is 86.6 Å². The smallest absolute Gasteiger partial charge is 0.136 e. The quantitative estimate of drug-likeness (QED) is 0.482. The van der Waals surface area contributed by atoms with Crippen LogP contribution in [-0.2, 0) is 4.79 Å². The third kappa shape index (κ3) is 1.92. The van der Waals surface area contributed by atoms with Crippen molar-refractivity contribution >= 4 is 5.78 Å². The van der Waals surface area contributed by atoms with Crippen molar-refractivity contribution in [3.05, 3.63) is 12.2 Å². The second kappa shape index (κ2) is 4.29. The lowest BCUT2D eigenvalue weighted by molar-refractivity contribution is -0.123. The number of hydrogen-bond acceptors (Lipinski definition) is 1. The maximum atomic E-state index is 11.9. The number of unbranched alkanes of at least 4 members (excludes halogenated alkanes) is 2.